The number of hydrogen-bond acceptors (Lipinski definition) is 6. The second-order valence-corrected chi connectivity index (χ2v) is 4.86. The third-order valence-electron chi connectivity index (χ3n) is 3.40. The molecule has 0 saturated carbocycles. The molecule has 0 aromatic carbocycles. The van der Waals surface area contributed by atoms with Gasteiger partial charge >= 0.3 is 5.97 Å². The zero-order valence-corrected chi connectivity index (χ0v) is 12.2. The van der Waals surface area contributed by atoms with Gasteiger partial charge < -0.3 is 15.6 Å². The van der Waals surface area contributed by atoms with E-state index in [0.29, 0.717) is 0 Å². The number of ether oxygens (including phenoxy) is 1. The van der Waals surface area contributed by atoms with Gasteiger partial charge in [-0.25, -0.2) is 9.48 Å². The minimum atomic E-state index is -0.614. The van der Waals surface area contributed by atoms with Crippen LogP contribution in [0.1, 0.15) is 23.7 Å². The first-order chi connectivity index (χ1) is 10.5. The highest BCUT2D eigenvalue weighted by Gasteiger charge is 2.38. The molecular weight excluding hydrogens is 292 g/mol. The predicted octanol–water partition coefficient (Wildman–Crippen LogP) is -1.11. The van der Waals surface area contributed by atoms with Crippen LogP contribution in [0.2, 0.25) is 0 Å². The van der Waals surface area contributed by atoms with Crippen LogP contribution >= 0.6 is 0 Å². The highest BCUT2D eigenvalue weighted by atomic mass is 16.5. The Morgan fingerprint density at radius 1 is 1.55 bits per heavy atom. The summed E-state index contributed by atoms with van der Waals surface area (Å²) in [5.74, 6) is -1.89. The smallest absolute Gasteiger partial charge is 0.343 e. The van der Waals surface area contributed by atoms with Crippen molar-refractivity contribution in [2.45, 2.75) is 19.9 Å². The largest absolute Gasteiger partial charge is 0.462 e. The number of nitrogens with two attached hydrogens (primary N) is 1. The number of rotatable bonds is 6. The van der Waals surface area contributed by atoms with Gasteiger partial charge in [-0.2, -0.15) is 5.10 Å². The average molecular weight is 310 g/mol. The summed E-state index contributed by atoms with van der Waals surface area (Å²) in [5.41, 5.74) is 5.37. The molecule has 9 nitrogen and oxygen atoms in total. The fourth-order valence-corrected chi connectivity index (χ4v) is 2.38. The lowest BCUT2D eigenvalue weighted by molar-refractivity contribution is -0.123. The topological polar surface area (TPSA) is 128 Å². The number of carbonyl (C=O) groups excluding carboxylic acids is 3. The third kappa shape index (κ3) is 2.93. The Morgan fingerprint density at radius 3 is 2.82 bits per heavy atom. The summed E-state index contributed by atoms with van der Waals surface area (Å²) in [6.45, 7) is 1.83. The van der Waals surface area contributed by atoms with Gasteiger partial charge in [0, 0.05) is 13.0 Å². The summed E-state index contributed by atoms with van der Waals surface area (Å²) < 4.78 is 6.29. The van der Waals surface area contributed by atoms with Crippen LogP contribution in [0.4, 0.5) is 5.82 Å². The third-order valence-corrected chi connectivity index (χ3v) is 3.40. The number of aliphatic hydroxyl groups is 1. The molecule has 2 heterocycles. The molecule has 2 rings (SSSR count). The van der Waals surface area contributed by atoms with Crippen LogP contribution in [0.5, 0.6) is 0 Å². The van der Waals surface area contributed by atoms with Crippen molar-refractivity contribution in [3.8, 4) is 0 Å². The lowest BCUT2D eigenvalue weighted by Gasteiger charge is -2.19. The molecule has 0 radical (unpaired) electrons. The maximum absolute atomic E-state index is 12.1. The van der Waals surface area contributed by atoms with Gasteiger partial charge in [0.15, 0.2) is 0 Å². The van der Waals surface area contributed by atoms with E-state index in [4.69, 9.17) is 15.6 Å². The molecule has 1 atom stereocenters. The Bertz CT molecular complexity index is 597. The van der Waals surface area contributed by atoms with Crippen molar-refractivity contribution in [3.63, 3.8) is 0 Å². The molecular formula is C13H18N4O5. The fraction of sp³-hybridized carbons (Fsp3) is 0.538. The quantitative estimate of drug-likeness (QED) is 0.641. The van der Waals surface area contributed by atoms with E-state index in [1.807, 2.05) is 0 Å². The standard InChI is InChI=1S/C13H18N4O5/c1-2-22-13(21)9-6-15-17(3-4-18)12(9)16-7-8(11(14)20)5-10(16)19/h6,8,18H,2-5,7H2,1H3,(H2,14,20). The molecule has 1 aliphatic rings. The number of anilines is 1. The highest BCUT2D eigenvalue weighted by Crippen LogP contribution is 2.28. The van der Waals surface area contributed by atoms with E-state index < -0.39 is 17.8 Å². The van der Waals surface area contributed by atoms with E-state index >= 15 is 0 Å². The van der Waals surface area contributed by atoms with Crippen molar-refractivity contribution in [1.82, 2.24) is 9.78 Å². The number of esters is 1. The fourth-order valence-electron chi connectivity index (χ4n) is 2.38. The minimum Gasteiger partial charge on any atom is -0.462 e. The number of hydrogen-bond donors (Lipinski definition) is 2. The summed E-state index contributed by atoms with van der Waals surface area (Å²) in [5, 5.41) is 13.1. The number of carbonyl (C=O) groups is 3. The molecule has 9 heteroatoms. The number of nitrogens with zero attached hydrogens (tertiary/aromatic N) is 3. The van der Waals surface area contributed by atoms with Gasteiger partial charge in [0.2, 0.25) is 11.8 Å². The first-order valence-electron chi connectivity index (χ1n) is 6.93. The summed E-state index contributed by atoms with van der Waals surface area (Å²) in [6.07, 6.45) is 1.27. The first-order valence-corrected chi connectivity index (χ1v) is 6.93. The number of amides is 2. The summed E-state index contributed by atoms with van der Waals surface area (Å²) >= 11 is 0. The minimum absolute atomic E-state index is 0.0120. The zero-order valence-electron chi connectivity index (χ0n) is 12.2. The molecule has 1 aliphatic heterocycles. The summed E-state index contributed by atoms with van der Waals surface area (Å²) in [7, 11) is 0. The second kappa shape index (κ2) is 6.56. The normalized spacial score (nSPS) is 17.8. The highest BCUT2D eigenvalue weighted by molar-refractivity contribution is 6.04. The lowest BCUT2D eigenvalue weighted by atomic mass is 10.1. The molecule has 22 heavy (non-hydrogen) atoms. The summed E-state index contributed by atoms with van der Waals surface area (Å²) in [4.78, 5) is 36.7. The Hall–Kier alpha value is -2.42. The van der Waals surface area contributed by atoms with Gasteiger partial charge in [0.1, 0.15) is 11.4 Å². The van der Waals surface area contributed by atoms with E-state index in [2.05, 4.69) is 5.10 Å². The molecule has 0 aliphatic carbocycles. The van der Waals surface area contributed by atoms with Crippen LogP contribution in [-0.4, -0.2) is 52.4 Å². The molecule has 1 aromatic heterocycles. The number of aliphatic hydroxyl groups excluding tert-OH is 1. The van der Waals surface area contributed by atoms with Gasteiger partial charge in [-0.3, -0.25) is 14.5 Å². The monoisotopic (exact) mass is 310 g/mol. The van der Waals surface area contributed by atoms with Gasteiger partial charge in [0.25, 0.3) is 0 Å². The van der Waals surface area contributed by atoms with Crippen molar-refractivity contribution in [2.24, 2.45) is 11.7 Å². The SMILES string of the molecule is CCOC(=O)c1cnn(CCO)c1N1CC(C(N)=O)CC1=O. The molecule has 1 unspecified atom stereocenters. The van der Waals surface area contributed by atoms with Crippen molar-refractivity contribution in [2.75, 3.05) is 24.7 Å². The van der Waals surface area contributed by atoms with E-state index in [1.54, 1.807) is 6.92 Å². The van der Waals surface area contributed by atoms with Crippen molar-refractivity contribution in [3.05, 3.63) is 11.8 Å². The van der Waals surface area contributed by atoms with Crippen LogP contribution in [0.3, 0.4) is 0 Å². The van der Waals surface area contributed by atoms with Crippen molar-refractivity contribution >= 4 is 23.6 Å². The Labute approximate surface area is 126 Å². The van der Waals surface area contributed by atoms with E-state index in [9.17, 15) is 14.4 Å². The maximum atomic E-state index is 12.1. The predicted molar refractivity (Wildman–Crippen MR) is 74.9 cm³/mol. The van der Waals surface area contributed by atoms with E-state index in [-0.39, 0.29) is 50.0 Å². The molecule has 1 fully saturated rings. The van der Waals surface area contributed by atoms with Crippen LogP contribution in [0.15, 0.2) is 6.20 Å². The van der Waals surface area contributed by atoms with Crippen LogP contribution in [-0.2, 0) is 20.9 Å². The molecule has 0 spiro atoms. The molecule has 3 N–H and O–H groups in total. The Kier molecular flexibility index (Phi) is 4.76. The molecule has 120 valence electrons. The average Bonchev–Trinajstić information content (AvgIpc) is 3.03. The molecule has 1 saturated heterocycles. The van der Waals surface area contributed by atoms with Crippen LogP contribution in [0, 0.1) is 5.92 Å². The second-order valence-electron chi connectivity index (χ2n) is 4.86. The first kappa shape index (κ1) is 16.0. The molecule has 2 amide bonds. The Morgan fingerprint density at radius 2 is 2.27 bits per heavy atom. The van der Waals surface area contributed by atoms with Crippen molar-refractivity contribution < 1.29 is 24.2 Å². The van der Waals surface area contributed by atoms with Gasteiger partial charge in [-0.05, 0) is 6.92 Å². The van der Waals surface area contributed by atoms with Gasteiger partial charge in [-0.15, -0.1) is 0 Å². The Balaban J connectivity index is 2.39. The maximum Gasteiger partial charge on any atom is 0.343 e. The van der Waals surface area contributed by atoms with Crippen LogP contribution < -0.4 is 10.6 Å². The van der Waals surface area contributed by atoms with E-state index in [0.717, 1.165) is 0 Å². The lowest BCUT2D eigenvalue weighted by Crippen LogP contribution is -2.31. The van der Waals surface area contributed by atoms with Gasteiger partial charge in [-0.1, -0.05) is 0 Å². The molecule has 0 bridgehead atoms. The van der Waals surface area contributed by atoms with Crippen LogP contribution in [0.25, 0.3) is 0 Å². The van der Waals surface area contributed by atoms with Gasteiger partial charge in [0.05, 0.1) is 31.9 Å². The zero-order chi connectivity index (χ0) is 16.3. The van der Waals surface area contributed by atoms with Crippen molar-refractivity contribution in [1.29, 1.82) is 0 Å². The van der Waals surface area contributed by atoms with E-state index in [1.165, 1.54) is 15.8 Å². The number of primary amides is 1. The number of aromatic nitrogens is 2. The molecule has 1 aromatic rings. The summed E-state index contributed by atoms with van der Waals surface area (Å²) in [6, 6.07) is 0.